The van der Waals surface area contributed by atoms with Gasteiger partial charge in [0, 0.05) is 29.6 Å². The van der Waals surface area contributed by atoms with Crippen LogP contribution in [0.1, 0.15) is 93.9 Å². The van der Waals surface area contributed by atoms with Crippen LogP contribution in [0.25, 0.3) is 0 Å². The van der Waals surface area contributed by atoms with Crippen LogP contribution in [-0.4, -0.2) is 119 Å². The van der Waals surface area contributed by atoms with Gasteiger partial charge in [0.2, 0.25) is 0 Å². The Morgan fingerprint density at radius 1 is 0.958 bits per heavy atom. The van der Waals surface area contributed by atoms with E-state index in [9.17, 15) is 50.4 Å². The second kappa shape index (κ2) is 12.1. The molecule has 0 aromatic heterocycles. The number of hydrogen-bond acceptors (Lipinski definition) is 12. The van der Waals surface area contributed by atoms with E-state index in [0.717, 1.165) is 5.57 Å². The van der Waals surface area contributed by atoms with E-state index in [1.807, 2.05) is 27.7 Å². The predicted octanol–water partition coefficient (Wildman–Crippen LogP) is 0.769. The molecular weight excluding hydrogens is 624 g/mol. The summed E-state index contributed by atoms with van der Waals surface area (Å²) < 4.78 is 11.8. The fourth-order valence-electron chi connectivity index (χ4n) is 11.0. The molecule has 0 aromatic rings. The van der Waals surface area contributed by atoms with E-state index in [-0.39, 0.29) is 43.8 Å². The second-order valence-corrected chi connectivity index (χ2v) is 17.6. The van der Waals surface area contributed by atoms with Crippen molar-refractivity contribution in [2.24, 2.45) is 39.4 Å². The topological polar surface area (TPSA) is 214 Å². The van der Waals surface area contributed by atoms with Crippen LogP contribution in [-0.2, 0) is 19.1 Å². The Balaban J connectivity index is 1.47. The molecule has 8 N–H and O–H groups in total. The average Bonchev–Trinajstić information content (AvgIpc) is 3.18. The second-order valence-electron chi connectivity index (χ2n) is 17.6. The van der Waals surface area contributed by atoms with Crippen LogP contribution in [0.3, 0.4) is 0 Å². The van der Waals surface area contributed by atoms with Gasteiger partial charge in [-0.2, -0.15) is 0 Å². The number of ether oxygens (including phenoxy) is 2. The molecular formula is C36H58O12. The lowest BCUT2D eigenvalue weighted by Crippen LogP contribution is -2.66. The Kier molecular flexibility index (Phi) is 9.59. The van der Waals surface area contributed by atoms with E-state index in [0.29, 0.717) is 6.42 Å². The molecule has 5 aliphatic rings. The normalized spacial score (nSPS) is 48.5. The number of rotatable bonds is 8. The summed E-state index contributed by atoms with van der Waals surface area (Å²) in [5, 5.41) is 86.2. The first-order valence-electron chi connectivity index (χ1n) is 17.4. The maximum atomic E-state index is 14.6. The minimum absolute atomic E-state index is 0.0260. The molecule has 4 fully saturated rings. The van der Waals surface area contributed by atoms with Gasteiger partial charge in [-0.15, -0.1) is 0 Å². The van der Waals surface area contributed by atoms with Crippen molar-refractivity contribution in [2.45, 2.75) is 154 Å². The minimum atomic E-state index is -1.93. The lowest BCUT2D eigenvalue weighted by Gasteiger charge is -2.65. The largest absolute Gasteiger partial charge is 0.394 e. The summed E-state index contributed by atoms with van der Waals surface area (Å²) in [6, 6.07) is 0. The molecule has 1 heterocycles. The van der Waals surface area contributed by atoms with E-state index >= 15 is 0 Å². The number of aliphatic hydroxyl groups excluding tert-OH is 6. The Morgan fingerprint density at radius 3 is 2.17 bits per heavy atom. The summed E-state index contributed by atoms with van der Waals surface area (Å²) in [7, 11) is 0. The van der Waals surface area contributed by atoms with Gasteiger partial charge in [0.15, 0.2) is 12.1 Å². The lowest BCUT2D eigenvalue weighted by molar-refractivity contribution is -0.327. The SMILES string of the molecule is CC(C)(O)CCC(=O)[C@](C)(O)[C@H]1C(O)C[C@@]2(C)[C@@H]3CC=C4[C@@H](CC(O)C(O[C@@H]5O[C@H](CO)[C@@H](O)[C@H](O)[C@H]5O)C4(C)C)[C@]3(C)C(=O)C[C@]12C. The Bertz CT molecular complexity index is 1300. The number of Topliss-reactive ketones (excluding diaryl/α,β-unsaturated/α-hetero) is 2. The third-order valence-corrected chi connectivity index (χ3v) is 13.8. The first kappa shape index (κ1) is 37.9. The number of aliphatic hydroxyl groups is 8. The highest BCUT2D eigenvalue weighted by Crippen LogP contribution is 2.74. The minimum Gasteiger partial charge on any atom is -0.394 e. The predicted molar refractivity (Wildman–Crippen MR) is 172 cm³/mol. The van der Waals surface area contributed by atoms with E-state index in [1.54, 1.807) is 13.8 Å². The van der Waals surface area contributed by atoms with Crippen LogP contribution >= 0.6 is 0 Å². The van der Waals surface area contributed by atoms with Crippen molar-refractivity contribution in [2.75, 3.05) is 6.61 Å². The highest BCUT2D eigenvalue weighted by atomic mass is 16.7. The van der Waals surface area contributed by atoms with Crippen molar-refractivity contribution in [3.63, 3.8) is 0 Å². The fraction of sp³-hybridized carbons (Fsp3) is 0.889. The molecule has 5 rings (SSSR count). The molecule has 0 aromatic carbocycles. The van der Waals surface area contributed by atoms with Gasteiger partial charge in [-0.1, -0.05) is 46.3 Å². The van der Waals surface area contributed by atoms with Gasteiger partial charge in [-0.25, -0.2) is 0 Å². The molecule has 274 valence electrons. The molecule has 0 amide bonds. The maximum absolute atomic E-state index is 14.6. The molecule has 0 bridgehead atoms. The fourth-order valence-corrected chi connectivity index (χ4v) is 11.0. The molecule has 48 heavy (non-hydrogen) atoms. The third-order valence-electron chi connectivity index (χ3n) is 13.8. The summed E-state index contributed by atoms with van der Waals surface area (Å²) in [6.45, 7) is 13.7. The van der Waals surface area contributed by atoms with E-state index in [2.05, 4.69) is 13.0 Å². The van der Waals surface area contributed by atoms with Crippen LogP contribution in [0, 0.1) is 39.4 Å². The van der Waals surface area contributed by atoms with Crippen LogP contribution in [0.15, 0.2) is 11.6 Å². The average molecular weight is 683 g/mol. The van der Waals surface area contributed by atoms with Crippen LogP contribution in [0.2, 0.25) is 0 Å². The van der Waals surface area contributed by atoms with Crippen LogP contribution in [0.4, 0.5) is 0 Å². The maximum Gasteiger partial charge on any atom is 0.187 e. The quantitative estimate of drug-likeness (QED) is 0.167. The summed E-state index contributed by atoms with van der Waals surface area (Å²) in [5.74, 6) is -2.12. The number of carbonyl (C=O) groups is 2. The smallest absolute Gasteiger partial charge is 0.187 e. The highest BCUT2D eigenvalue weighted by Gasteiger charge is 2.74. The van der Waals surface area contributed by atoms with E-state index < -0.39 is 106 Å². The Hall–Kier alpha value is -1.32. The number of allylic oxidation sites excluding steroid dienone is 1. The molecule has 3 unspecified atom stereocenters. The summed E-state index contributed by atoms with van der Waals surface area (Å²) in [5.41, 5.74) is -5.54. The Labute approximate surface area is 283 Å². The first-order valence-corrected chi connectivity index (χ1v) is 17.4. The zero-order valence-corrected chi connectivity index (χ0v) is 29.6. The van der Waals surface area contributed by atoms with Gasteiger partial charge in [-0.05, 0) is 69.1 Å². The van der Waals surface area contributed by atoms with Crippen molar-refractivity contribution in [3.8, 4) is 0 Å². The first-order chi connectivity index (χ1) is 21.9. The van der Waals surface area contributed by atoms with Crippen molar-refractivity contribution in [1.29, 1.82) is 0 Å². The molecule has 12 nitrogen and oxygen atoms in total. The van der Waals surface area contributed by atoms with Crippen molar-refractivity contribution in [3.05, 3.63) is 11.6 Å². The monoisotopic (exact) mass is 682 g/mol. The van der Waals surface area contributed by atoms with Crippen molar-refractivity contribution >= 4 is 11.6 Å². The molecule has 0 radical (unpaired) electrons. The number of fused-ring (bicyclic) bond motifs is 5. The third kappa shape index (κ3) is 5.48. The molecule has 15 atom stereocenters. The van der Waals surface area contributed by atoms with Gasteiger partial charge < -0.3 is 50.3 Å². The highest BCUT2D eigenvalue weighted by molar-refractivity contribution is 5.90. The molecule has 3 saturated carbocycles. The zero-order valence-electron chi connectivity index (χ0n) is 29.6. The summed E-state index contributed by atoms with van der Waals surface area (Å²) >= 11 is 0. The number of hydrogen-bond donors (Lipinski definition) is 8. The number of carbonyl (C=O) groups excluding carboxylic acids is 2. The molecule has 12 heteroatoms. The lowest BCUT2D eigenvalue weighted by atomic mass is 9.38. The van der Waals surface area contributed by atoms with Gasteiger partial charge in [-0.3, -0.25) is 9.59 Å². The van der Waals surface area contributed by atoms with Gasteiger partial charge in [0.05, 0.1) is 30.5 Å². The summed E-state index contributed by atoms with van der Waals surface area (Å²) in [4.78, 5) is 28.1. The van der Waals surface area contributed by atoms with Gasteiger partial charge in [0.1, 0.15) is 35.8 Å². The van der Waals surface area contributed by atoms with Crippen molar-refractivity contribution in [1.82, 2.24) is 0 Å². The van der Waals surface area contributed by atoms with Gasteiger partial charge in [0.25, 0.3) is 0 Å². The number of ketones is 2. The van der Waals surface area contributed by atoms with Crippen molar-refractivity contribution < 1.29 is 59.9 Å². The molecule has 1 aliphatic heterocycles. The Morgan fingerprint density at radius 2 is 1.58 bits per heavy atom. The standard InChI is InChI=1S/C36H58O12/c1-31(2,45)12-11-23(40)36(8,46)28-20(39)14-33(5)22-10-9-17-18(35(22,7)24(41)15-34(28,33)6)13-19(38)29(32(17,3)4)48-30-27(44)26(43)25(42)21(16-37)47-30/h9,18-22,25-30,37-39,42-46H,10-16H2,1-8H3/t18-,19?,20?,21-,22+,25-,26+,27-,28+,29?,30+,33+,34-,35+,36+/m1/s1. The molecule has 0 spiro atoms. The van der Waals surface area contributed by atoms with E-state index in [1.165, 1.54) is 6.92 Å². The van der Waals surface area contributed by atoms with Crippen LogP contribution < -0.4 is 0 Å². The van der Waals surface area contributed by atoms with Gasteiger partial charge >= 0.3 is 0 Å². The van der Waals surface area contributed by atoms with Crippen LogP contribution in [0.5, 0.6) is 0 Å². The summed E-state index contributed by atoms with van der Waals surface area (Å²) in [6.07, 6.45) is -7.43. The van der Waals surface area contributed by atoms with E-state index in [4.69, 9.17) is 9.47 Å². The zero-order chi connectivity index (χ0) is 36.2. The molecule has 4 aliphatic carbocycles. The molecule has 1 saturated heterocycles.